The molecule has 0 heterocycles. The Kier molecular flexibility index (Phi) is 8.02. The fourth-order valence-electron chi connectivity index (χ4n) is 1.75. The van der Waals surface area contributed by atoms with Gasteiger partial charge in [0, 0.05) is 12.1 Å². The van der Waals surface area contributed by atoms with Gasteiger partial charge in [-0.3, -0.25) is 0 Å². The van der Waals surface area contributed by atoms with Gasteiger partial charge in [-0.25, -0.2) is 0 Å². The van der Waals surface area contributed by atoms with Crippen molar-refractivity contribution >= 4 is 0 Å². The first-order valence-corrected chi connectivity index (χ1v) is 6.27. The van der Waals surface area contributed by atoms with E-state index in [9.17, 15) is 0 Å². The lowest BCUT2D eigenvalue weighted by Crippen LogP contribution is -2.44. The van der Waals surface area contributed by atoms with Gasteiger partial charge in [-0.1, -0.05) is 27.7 Å². The highest BCUT2D eigenvalue weighted by Gasteiger charge is 2.22. The first-order valence-electron chi connectivity index (χ1n) is 6.27. The topological polar surface area (TPSA) is 61.3 Å². The summed E-state index contributed by atoms with van der Waals surface area (Å²) in [6.45, 7) is 8.42. The first-order chi connectivity index (χ1) is 7.10. The molecule has 3 heteroatoms. The summed E-state index contributed by atoms with van der Waals surface area (Å²) >= 11 is 0. The standard InChI is InChI=1S/C12H28N2O/c1-5-9(13)11(7-3)15-12(8-4)10(14)6-2/h9-12H,5-8,13-14H2,1-4H3. The number of rotatable bonds is 8. The molecule has 0 aliphatic carbocycles. The van der Waals surface area contributed by atoms with Crippen LogP contribution < -0.4 is 11.5 Å². The molecular formula is C12H28N2O. The highest BCUT2D eigenvalue weighted by molar-refractivity contribution is 4.77. The van der Waals surface area contributed by atoms with Crippen molar-refractivity contribution in [1.82, 2.24) is 0 Å². The van der Waals surface area contributed by atoms with Gasteiger partial charge in [0.1, 0.15) is 0 Å². The van der Waals surface area contributed by atoms with Gasteiger partial charge in [-0.2, -0.15) is 0 Å². The van der Waals surface area contributed by atoms with Crippen LogP contribution in [0.1, 0.15) is 53.4 Å². The number of ether oxygens (including phenoxy) is 1. The Balaban J connectivity index is 4.23. The van der Waals surface area contributed by atoms with Crippen molar-refractivity contribution in [3.05, 3.63) is 0 Å². The van der Waals surface area contributed by atoms with E-state index < -0.39 is 0 Å². The van der Waals surface area contributed by atoms with Crippen LogP contribution in [0.5, 0.6) is 0 Å². The lowest BCUT2D eigenvalue weighted by molar-refractivity contribution is -0.0409. The summed E-state index contributed by atoms with van der Waals surface area (Å²) in [5.41, 5.74) is 12.0. The Morgan fingerprint density at radius 2 is 1.07 bits per heavy atom. The fourth-order valence-corrected chi connectivity index (χ4v) is 1.75. The molecule has 0 spiro atoms. The van der Waals surface area contributed by atoms with E-state index in [1.54, 1.807) is 0 Å². The summed E-state index contributed by atoms with van der Waals surface area (Å²) < 4.78 is 6.00. The average Bonchev–Trinajstić information content (AvgIpc) is 2.28. The van der Waals surface area contributed by atoms with Crippen LogP contribution in [-0.4, -0.2) is 24.3 Å². The van der Waals surface area contributed by atoms with Crippen LogP contribution in [0.3, 0.4) is 0 Å². The molecule has 0 aliphatic rings. The van der Waals surface area contributed by atoms with E-state index in [4.69, 9.17) is 16.2 Å². The predicted octanol–water partition coefficient (Wildman–Crippen LogP) is 2.03. The second-order valence-corrected chi connectivity index (χ2v) is 4.17. The smallest absolute Gasteiger partial charge is 0.0727 e. The van der Waals surface area contributed by atoms with Crippen LogP contribution in [0.15, 0.2) is 0 Å². The van der Waals surface area contributed by atoms with E-state index in [-0.39, 0.29) is 24.3 Å². The van der Waals surface area contributed by atoms with Gasteiger partial charge in [0.2, 0.25) is 0 Å². The number of hydrogen-bond acceptors (Lipinski definition) is 3. The fraction of sp³-hybridized carbons (Fsp3) is 1.00. The van der Waals surface area contributed by atoms with E-state index >= 15 is 0 Å². The lowest BCUT2D eigenvalue weighted by atomic mass is 10.0. The minimum Gasteiger partial charge on any atom is -0.372 e. The number of hydrogen-bond donors (Lipinski definition) is 2. The normalized spacial score (nSPS) is 19.6. The second kappa shape index (κ2) is 8.08. The molecule has 0 aromatic heterocycles. The van der Waals surface area contributed by atoms with Crippen molar-refractivity contribution in [2.75, 3.05) is 0 Å². The molecule has 4 unspecified atom stereocenters. The minimum atomic E-state index is 0.133. The van der Waals surface area contributed by atoms with E-state index in [1.807, 2.05) is 0 Å². The maximum Gasteiger partial charge on any atom is 0.0727 e. The van der Waals surface area contributed by atoms with Gasteiger partial charge in [0.25, 0.3) is 0 Å². The molecule has 0 saturated carbocycles. The van der Waals surface area contributed by atoms with Crippen LogP contribution in [0, 0.1) is 0 Å². The predicted molar refractivity (Wildman–Crippen MR) is 65.8 cm³/mol. The zero-order chi connectivity index (χ0) is 11.8. The second-order valence-electron chi connectivity index (χ2n) is 4.17. The molecule has 0 rings (SSSR count). The summed E-state index contributed by atoms with van der Waals surface area (Å²) in [5.74, 6) is 0. The molecule has 0 aromatic carbocycles. The Morgan fingerprint density at radius 3 is 1.27 bits per heavy atom. The minimum absolute atomic E-state index is 0.133. The molecule has 0 radical (unpaired) electrons. The van der Waals surface area contributed by atoms with Gasteiger partial charge in [0.05, 0.1) is 12.2 Å². The monoisotopic (exact) mass is 216 g/mol. The third kappa shape index (κ3) is 4.96. The van der Waals surface area contributed by atoms with E-state index in [0.717, 1.165) is 25.7 Å². The molecule has 4 N–H and O–H groups in total. The summed E-state index contributed by atoms with van der Waals surface area (Å²) in [5, 5.41) is 0. The maximum atomic E-state index is 6.01. The van der Waals surface area contributed by atoms with Crippen LogP contribution in [0.2, 0.25) is 0 Å². The molecule has 15 heavy (non-hydrogen) atoms. The molecule has 3 nitrogen and oxygen atoms in total. The Morgan fingerprint density at radius 1 is 0.733 bits per heavy atom. The van der Waals surface area contributed by atoms with Crippen molar-refractivity contribution in [2.45, 2.75) is 77.7 Å². The van der Waals surface area contributed by atoms with Gasteiger partial charge >= 0.3 is 0 Å². The molecular weight excluding hydrogens is 188 g/mol. The van der Waals surface area contributed by atoms with Crippen molar-refractivity contribution < 1.29 is 4.74 Å². The first kappa shape index (κ1) is 14.9. The van der Waals surface area contributed by atoms with Crippen LogP contribution in [-0.2, 0) is 4.74 Å². The van der Waals surface area contributed by atoms with Gasteiger partial charge in [-0.15, -0.1) is 0 Å². The molecule has 0 fully saturated rings. The summed E-state index contributed by atoms with van der Waals surface area (Å²) in [6.07, 6.45) is 4.13. The summed E-state index contributed by atoms with van der Waals surface area (Å²) in [6, 6.07) is 0.265. The lowest BCUT2D eigenvalue weighted by Gasteiger charge is -2.30. The largest absolute Gasteiger partial charge is 0.372 e. The van der Waals surface area contributed by atoms with Crippen LogP contribution in [0.4, 0.5) is 0 Å². The highest BCUT2D eigenvalue weighted by atomic mass is 16.5. The Bertz CT molecular complexity index is 137. The molecule has 0 aromatic rings. The Hall–Kier alpha value is -0.120. The average molecular weight is 216 g/mol. The Labute approximate surface area is 94.5 Å². The van der Waals surface area contributed by atoms with Gasteiger partial charge < -0.3 is 16.2 Å². The maximum absolute atomic E-state index is 6.01. The molecule has 4 atom stereocenters. The van der Waals surface area contributed by atoms with Crippen molar-refractivity contribution in [3.8, 4) is 0 Å². The van der Waals surface area contributed by atoms with Crippen LogP contribution >= 0.6 is 0 Å². The molecule has 0 bridgehead atoms. The molecule has 0 aliphatic heterocycles. The zero-order valence-electron chi connectivity index (χ0n) is 10.7. The third-order valence-corrected chi connectivity index (χ3v) is 3.05. The molecule has 0 amide bonds. The highest BCUT2D eigenvalue weighted by Crippen LogP contribution is 2.14. The molecule has 0 saturated heterocycles. The van der Waals surface area contributed by atoms with Crippen molar-refractivity contribution in [3.63, 3.8) is 0 Å². The van der Waals surface area contributed by atoms with Crippen LogP contribution in [0.25, 0.3) is 0 Å². The quantitative estimate of drug-likeness (QED) is 0.652. The van der Waals surface area contributed by atoms with E-state index in [2.05, 4.69) is 27.7 Å². The van der Waals surface area contributed by atoms with Gasteiger partial charge in [-0.05, 0) is 25.7 Å². The SMILES string of the molecule is CCC(N)C(CC)OC(CC)C(N)CC. The summed E-state index contributed by atoms with van der Waals surface area (Å²) in [4.78, 5) is 0. The third-order valence-electron chi connectivity index (χ3n) is 3.05. The van der Waals surface area contributed by atoms with Gasteiger partial charge in [0.15, 0.2) is 0 Å². The van der Waals surface area contributed by atoms with E-state index in [1.165, 1.54) is 0 Å². The summed E-state index contributed by atoms with van der Waals surface area (Å²) in [7, 11) is 0. The molecule has 92 valence electrons. The number of nitrogens with two attached hydrogens (primary N) is 2. The van der Waals surface area contributed by atoms with Crippen molar-refractivity contribution in [2.24, 2.45) is 11.5 Å². The van der Waals surface area contributed by atoms with Crippen molar-refractivity contribution in [1.29, 1.82) is 0 Å². The zero-order valence-corrected chi connectivity index (χ0v) is 10.7. The van der Waals surface area contributed by atoms with E-state index in [0.29, 0.717) is 0 Å².